The lowest BCUT2D eigenvalue weighted by Crippen LogP contribution is -2.43. The minimum absolute atomic E-state index is 0.0597. The summed E-state index contributed by atoms with van der Waals surface area (Å²) in [7, 11) is 0. The van der Waals surface area contributed by atoms with Crippen molar-refractivity contribution in [3.63, 3.8) is 0 Å². The van der Waals surface area contributed by atoms with E-state index in [9.17, 15) is 9.59 Å². The van der Waals surface area contributed by atoms with Crippen LogP contribution < -0.4 is 10.2 Å². The SMILES string of the molecule is Cc1ccccc1SCC(=O)N1CC(=O)Nc2ccccc21. The summed E-state index contributed by atoms with van der Waals surface area (Å²) in [5, 5.41) is 2.79. The number of fused-ring (bicyclic) bond motifs is 1. The maximum atomic E-state index is 12.5. The number of thioether (sulfide) groups is 1. The summed E-state index contributed by atoms with van der Waals surface area (Å²) in [5.41, 5.74) is 2.60. The minimum Gasteiger partial charge on any atom is -0.323 e. The molecule has 2 aromatic rings. The number of nitrogens with zero attached hydrogens (tertiary/aromatic N) is 1. The van der Waals surface area contributed by atoms with Gasteiger partial charge in [-0.05, 0) is 30.7 Å². The number of hydrogen-bond donors (Lipinski definition) is 1. The maximum absolute atomic E-state index is 12.5. The summed E-state index contributed by atoms with van der Waals surface area (Å²) < 4.78 is 0. The average molecular weight is 312 g/mol. The van der Waals surface area contributed by atoms with Gasteiger partial charge in [-0.25, -0.2) is 0 Å². The van der Waals surface area contributed by atoms with Crippen LogP contribution in [0.25, 0.3) is 0 Å². The van der Waals surface area contributed by atoms with Crippen molar-refractivity contribution < 1.29 is 9.59 Å². The molecule has 0 radical (unpaired) electrons. The van der Waals surface area contributed by atoms with Crippen LogP contribution in [0.3, 0.4) is 0 Å². The highest BCUT2D eigenvalue weighted by Gasteiger charge is 2.26. The zero-order valence-electron chi connectivity index (χ0n) is 12.2. The monoisotopic (exact) mass is 312 g/mol. The predicted octanol–water partition coefficient (Wildman–Crippen LogP) is 3.07. The molecule has 0 atom stereocenters. The van der Waals surface area contributed by atoms with Crippen molar-refractivity contribution in [2.24, 2.45) is 0 Å². The molecule has 112 valence electrons. The summed E-state index contributed by atoms with van der Waals surface area (Å²) in [6.07, 6.45) is 0. The second kappa shape index (κ2) is 6.23. The Morgan fingerprint density at radius 3 is 2.73 bits per heavy atom. The van der Waals surface area contributed by atoms with Crippen molar-refractivity contribution in [1.29, 1.82) is 0 Å². The van der Waals surface area contributed by atoms with Gasteiger partial charge in [-0.2, -0.15) is 0 Å². The first kappa shape index (κ1) is 14.7. The van der Waals surface area contributed by atoms with Crippen LogP contribution in [-0.2, 0) is 9.59 Å². The molecule has 2 aromatic carbocycles. The van der Waals surface area contributed by atoms with Crippen LogP contribution in [0.4, 0.5) is 11.4 Å². The van der Waals surface area contributed by atoms with Crippen LogP contribution in [-0.4, -0.2) is 24.1 Å². The number of carbonyl (C=O) groups is 2. The summed E-state index contributed by atoms with van der Waals surface area (Å²) >= 11 is 1.50. The number of nitrogens with one attached hydrogen (secondary N) is 1. The number of para-hydroxylation sites is 2. The predicted molar refractivity (Wildman–Crippen MR) is 89.3 cm³/mol. The maximum Gasteiger partial charge on any atom is 0.244 e. The highest BCUT2D eigenvalue weighted by molar-refractivity contribution is 8.00. The molecule has 0 saturated carbocycles. The molecule has 4 nitrogen and oxygen atoms in total. The van der Waals surface area contributed by atoms with E-state index in [1.807, 2.05) is 49.4 Å². The summed E-state index contributed by atoms with van der Waals surface area (Å²) in [6, 6.07) is 15.3. The summed E-state index contributed by atoms with van der Waals surface area (Å²) in [4.78, 5) is 26.9. The lowest BCUT2D eigenvalue weighted by Gasteiger charge is -2.29. The van der Waals surface area contributed by atoms with Gasteiger partial charge in [0.2, 0.25) is 11.8 Å². The lowest BCUT2D eigenvalue weighted by atomic mass is 10.2. The topological polar surface area (TPSA) is 49.4 Å². The molecular formula is C17H16N2O2S. The van der Waals surface area contributed by atoms with Gasteiger partial charge in [0.05, 0.1) is 17.1 Å². The smallest absolute Gasteiger partial charge is 0.244 e. The number of hydrogen-bond acceptors (Lipinski definition) is 3. The quantitative estimate of drug-likeness (QED) is 0.886. The van der Waals surface area contributed by atoms with E-state index in [-0.39, 0.29) is 18.4 Å². The molecule has 0 aromatic heterocycles. The van der Waals surface area contributed by atoms with Gasteiger partial charge >= 0.3 is 0 Å². The van der Waals surface area contributed by atoms with Gasteiger partial charge in [0.15, 0.2) is 0 Å². The van der Waals surface area contributed by atoms with Crippen molar-refractivity contribution in [1.82, 2.24) is 0 Å². The van der Waals surface area contributed by atoms with Gasteiger partial charge in [0, 0.05) is 4.90 Å². The Morgan fingerprint density at radius 1 is 1.18 bits per heavy atom. The Labute approximate surface area is 133 Å². The molecule has 0 saturated heterocycles. The Hall–Kier alpha value is -2.27. The third-order valence-corrected chi connectivity index (χ3v) is 4.68. The van der Waals surface area contributed by atoms with E-state index in [1.54, 1.807) is 11.0 Å². The molecule has 1 aliphatic rings. The molecule has 1 heterocycles. The van der Waals surface area contributed by atoms with Gasteiger partial charge in [0.1, 0.15) is 6.54 Å². The van der Waals surface area contributed by atoms with Crippen LogP contribution in [0.2, 0.25) is 0 Å². The van der Waals surface area contributed by atoms with Crippen LogP contribution >= 0.6 is 11.8 Å². The second-order valence-corrected chi connectivity index (χ2v) is 6.12. The van der Waals surface area contributed by atoms with Gasteiger partial charge in [-0.1, -0.05) is 30.3 Å². The Balaban J connectivity index is 1.75. The molecule has 1 aliphatic heterocycles. The Morgan fingerprint density at radius 2 is 1.91 bits per heavy atom. The van der Waals surface area contributed by atoms with Crippen LogP contribution in [0.1, 0.15) is 5.56 Å². The van der Waals surface area contributed by atoms with Gasteiger partial charge in [-0.15, -0.1) is 11.8 Å². The van der Waals surface area contributed by atoms with E-state index in [4.69, 9.17) is 0 Å². The van der Waals surface area contributed by atoms with E-state index >= 15 is 0 Å². The second-order valence-electron chi connectivity index (χ2n) is 5.10. The fourth-order valence-corrected chi connectivity index (χ4v) is 3.30. The molecule has 1 N–H and O–H groups in total. The third-order valence-electron chi connectivity index (χ3n) is 3.52. The van der Waals surface area contributed by atoms with E-state index in [0.29, 0.717) is 11.4 Å². The number of aryl methyl sites for hydroxylation is 1. The lowest BCUT2D eigenvalue weighted by molar-refractivity contribution is -0.120. The Kier molecular flexibility index (Phi) is 4.15. The number of amides is 2. The molecule has 22 heavy (non-hydrogen) atoms. The van der Waals surface area contributed by atoms with Gasteiger partial charge in [0.25, 0.3) is 0 Å². The molecule has 0 bridgehead atoms. The van der Waals surface area contributed by atoms with Crippen LogP contribution in [0, 0.1) is 6.92 Å². The summed E-state index contributed by atoms with van der Waals surface area (Å²) in [5.74, 6) is 0.0930. The fourth-order valence-electron chi connectivity index (χ4n) is 2.39. The fraction of sp³-hybridized carbons (Fsp3) is 0.176. The average Bonchev–Trinajstić information content (AvgIpc) is 2.53. The van der Waals surface area contributed by atoms with Gasteiger partial charge < -0.3 is 10.2 Å². The van der Waals surface area contributed by atoms with Crippen molar-refractivity contribution in [3.8, 4) is 0 Å². The number of carbonyl (C=O) groups excluding carboxylic acids is 2. The minimum atomic E-state index is -0.159. The molecule has 5 heteroatoms. The van der Waals surface area contributed by atoms with Crippen LogP contribution in [0.5, 0.6) is 0 Å². The number of anilines is 2. The van der Waals surface area contributed by atoms with Crippen molar-refractivity contribution in [2.75, 3.05) is 22.5 Å². The molecule has 3 rings (SSSR count). The first-order valence-electron chi connectivity index (χ1n) is 7.03. The van der Waals surface area contributed by atoms with Gasteiger partial charge in [-0.3, -0.25) is 9.59 Å². The largest absolute Gasteiger partial charge is 0.323 e. The third kappa shape index (κ3) is 2.99. The first-order chi connectivity index (χ1) is 10.6. The van der Waals surface area contributed by atoms with E-state index in [2.05, 4.69) is 5.32 Å². The van der Waals surface area contributed by atoms with E-state index in [1.165, 1.54) is 11.8 Å². The molecule has 0 spiro atoms. The zero-order valence-corrected chi connectivity index (χ0v) is 13.0. The highest BCUT2D eigenvalue weighted by Crippen LogP contribution is 2.30. The Bertz CT molecular complexity index is 730. The van der Waals surface area contributed by atoms with Crippen molar-refractivity contribution in [2.45, 2.75) is 11.8 Å². The number of rotatable bonds is 3. The molecule has 0 fully saturated rings. The zero-order chi connectivity index (χ0) is 15.5. The molecule has 2 amide bonds. The van der Waals surface area contributed by atoms with Crippen molar-refractivity contribution in [3.05, 3.63) is 54.1 Å². The van der Waals surface area contributed by atoms with E-state index < -0.39 is 0 Å². The summed E-state index contributed by atoms with van der Waals surface area (Å²) in [6.45, 7) is 2.10. The highest BCUT2D eigenvalue weighted by atomic mass is 32.2. The standard InChI is InChI=1S/C17H16N2O2S/c1-12-6-2-5-9-15(12)22-11-17(21)19-10-16(20)18-13-7-3-4-8-14(13)19/h2-9H,10-11H2,1H3,(H,18,20). The first-order valence-corrected chi connectivity index (χ1v) is 8.01. The normalized spacial score (nSPS) is 13.5. The number of benzene rings is 2. The van der Waals surface area contributed by atoms with Crippen LogP contribution in [0.15, 0.2) is 53.4 Å². The van der Waals surface area contributed by atoms with E-state index in [0.717, 1.165) is 16.1 Å². The molecular weight excluding hydrogens is 296 g/mol. The van der Waals surface area contributed by atoms with Crippen molar-refractivity contribution >= 4 is 35.0 Å². The molecule has 0 aliphatic carbocycles. The molecule has 0 unspecified atom stereocenters.